The van der Waals surface area contributed by atoms with Crippen molar-refractivity contribution in [1.82, 2.24) is 4.98 Å². The Morgan fingerprint density at radius 3 is 2.68 bits per heavy atom. The molecular weight excluding hydrogens is 264 g/mol. The molecule has 0 aliphatic carbocycles. The number of hydrogen-bond donors (Lipinski definition) is 2. The number of aromatic carboxylic acids is 1. The van der Waals surface area contributed by atoms with Crippen LogP contribution in [0.1, 0.15) is 21.6 Å². The summed E-state index contributed by atoms with van der Waals surface area (Å²) < 4.78 is 0. The maximum atomic E-state index is 11.1. The number of pyridine rings is 1. The monoisotopic (exact) mass is 276 g/mol. The van der Waals surface area contributed by atoms with Crippen LogP contribution in [0.2, 0.25) is 5.02 Å². The first kappa shape index (κ1) is 13.4. The van der Waals surface area contributed by atoms with E-state index in [9.17, 15) is 4.79 Å². The summed E-state index contributed by atoms with van der Waals surface area (Å²) >= 11 is 6.04. The summed E-state index contributed by atoms with van der Waals surface area (Å²) in [6.07, 6.45) is 1.34. The summed E-state index contributed by atoms with van der Waals surface area (Å²) in [5, 5.41) is 12.8. The number of aryl methyl sites for hydroxylation is 2. The van der Waals surface area contributed by atoms with Crippen LogP contribution in [-0.4, -0.2) is 16.1 Å². The zero-order valence-corrected chi connectivity index (χ0v) is 11.3. The second-order valence-corrected chi connectivity index (χ2v) is 4.67. The normalized spacial score (nSPS) is 10.3. The molecular formula is C14H13ClN2O2. The van der Waals surface area contributed by atoms with Gasteiger partial charge in [0.05, 0.1) is 5.69 Å². The lowest BCUT2D eigenvalue weighted by molar-refractivity contribution is 0.0697. The Bertz CT molecular complexity index is 641. The van der Waals surface area contributed by atoms with Gasteiger partial charge in [0.1, 0.15) is 5.56 Å². The third-order valence-electron chi connectivity index (χ3n) is 2.72. The van der Waals surface area contributed by atoms with E-state index in [2.05, 4.69) is 10.3 Å². The highest BCUT2D eigenvalue weighted by Gasteiger charge is 2.11. The summed E-state index contributed by atoms with van der Waals surface area (Å²) in [4.78, 5) is 15.1. The fourth-order valence-corrected chi connectivity index (χ4v) is 1.84. The molecule has 0 amide bonds. The lowest BCUT2D eigenvalue weighted by atomic mass is 10.2. The number of benzene rings is 1. The molecule has 0 unspecified atom stereocenters. The van der Waals surface area contributed by atoms with E-state index in [1.807, 2.05) is 19.1 Å². The molecule has 5 heteroatoms. The highest BCUT2D eigenvalue weighted by molar-refractivity contribution is 6.31. The van der Waals surface area contributed by atoms with Crippen LogP contribution in [-0.2, 0) is 0 Å². The molecule has 1 heterocycles. The Kier molecular flexibility index (Phi) is 3.71. The Balaban J connectivity index is 2.39. The van der Waals surface area contributed by atoms with Crippen molar-refractivity contribution >= 4 is 28.9 Å². The number of anilines is 2. The van der Waals surface area contributed by atoms with Gasteiger partial charge in [0.25, 0.3) is 0 Å². The molecule has 1 aromatic carbocycles. The standard InChI is InChI=1S/C14H13ClN2O2/c1-8-3-4-10(6-12(8)15)17-13-5-9(2)16-7-11(13)14(18)19/h3-7H,1-2H3,(H,16,17)(H,18,19). The third kappa shape index (κ3) is 3.03. The number of carboxylic acid groups (broad SMARTS) is 1. The molecule has 19 heavy (non-hydrogen) atoms. The van der Waals surface area contributed by atoms with Gasteiger partial charge in [0.15, 0.2) is 0 Å². The molecule has 1 aromatic heterocycles. The Morgan fingerprint density at radius 1 is 1.32 bits per heavy atom. The van der Waals surface area contributed by atoms with Gasteiger partial charge in [-0.2, -0.15) is 0 Å². The highest BCUT2D eigenvalue weighted by Crippen LogP contribution is 2.25. The summed E-state index contributed by atoms with van der Waals surface area (Å²) in [5.74, 6) is -1.02. The van der Waals surface area contributed by atoms with Crippen LogP contribution in [0.5, 0.6) is 0 Å². The maximum absolute atomic E-state index is 11.1. The van der Waals surface area contributed by atoms with E-state index < -0.39 is 5.97 Å². The predicted molar refractivity (Wildman–Crippen MR) is 75.4 cm³/mol. The molecule has 0 fully saturated rings. The lowest BCUT2D eigenvalue weighted by Crippen LogP contribution is -2.04. The number of carbonyl (C=O) groups is 1. The van der Waals surface area contributed by atoms with Crippen LogP contribution in [0.15, 0.2) is 30.5 Å². The van der Waals surface area contributed by atoms with Crippen molar-refractivity contribution < 1.29 is 9.90 Å². The van der Waals surface area contributed by atoms with Crippen molar-refractivity contribution in [3.8, 4) is 0 Å². The minimum atomic E-state index is -1.02. The highest BCUT2D eigenvalue weighted by atomic mass is 35.5. The Labute approximate surface area is 116 Å². The molecule has 0 aliphatic heterocycles. The van der Waals surface area contributed by atoms with Crippen molar-refractivity contribution in [2.24, 2.45) is 0 Å². The number of aromatic nitrogens is 1. The van der Waals surface area contributed by atoms with E-state index in [-0.39, 0.29) is 5.56 Å². The van der Waals surface area contributed by atoms with Gasteiger partial charge in [-0.05, 0) is 37.6 Å². The topological polar surface area (TPSA) is 62.2 Å². The van der Waals surface area contributed by atoms with Gasteiger partial charge in [-0.15, -0.1) is 0 Å². The second-order valence-electron chi connectivity index (χ2n) is 4.27. The van der Waals surface area contributed by atoms with Gasteiger partial charge in [-0.25, -0.2) is 4.79 Å². The molecule has 0 radical (unpaired) electrons. The molecule has 0 aliphatic rings. The summed E-state index contributed by atoms with van der Waals surface area (Å²) in [6, 6.07) is 7.18. The van der Waals surface area contributed by atoms with Crippen LogP contribution in [0, 0.1) is 13.8 Å². The van der Waals surface area contributed by atoms with E-state index in [4.69, 9.17) is 16.7 Å². The van der Waals surface area contributed by atoms with E-state index in [1.165, 1.54) is 6.20 Å². The summed E-state index contributed by atoms with van der Waals surface area (Å²) in [5.41, 5.74) is 3.08. The molecule has 2 rings (SSSR count). The van der Waals surface area contributed by atoms with Crippen LogP contribution < -0.4 is 5.32 Å². The Morgan fingerprint density at radius 2 is 2.05 bits per heavy atom. The van der Waals surface area contributed by atoms with Crippen molar-refractivity contribution in [2.45, 2.75) is 13.8 Å². The lowest BCUT2D eigenvalue weighted by Gasteiger charge is -2.11. The first-order valence-electron chi connectivity index (χ1n) is 5.70. The molecule has 2 N–H and O–H groups in total. The third-order valence-corrected chi connectivity index (χ3v) is 3.13. The Hall–Kier alpha value is -2.07. The van der Waals surface area contributed by atoms with Gasteiger partial charge in [-0.3, -0.25) is 4.98 Å². The molecule has 0 bridgehead atoms. The maximum Gasteiger partial charge on any atom is 0.339 e. The van der Waals surface area contributed by atoms with Crippen LogP contribution in [0.3, 0.4) is 0 Å². The van der Waals surface area contributed by atoms with Crippen LogP contribution >= 0.6 is 11.6 Å². The van der Waals surface area contributed by atoms with E-state index >= 15 is 0 Å². The number of hydrogen-bond acceptors (Lipinski definition) is 3. The average molecular weight is 277 g/mol. The average Bonchev–Trinajstić information content (AvgIpc) is 2.33. The molecule has 0 saturated carbocycles. The van der Waals surface area contributed by atoms with Gasteiger partial charge >= 0.3 is 5.97 Å². The van der Waals surface area contributed by atoms with Crippen LogP contribution in [0.4, 0.5) is 11.4 Å². The van der Waals surface area contributed by atoms with E-state index in [0.29, 0.717) is 10.7 Å². The molecule has 4 nitrogen and oxygen atoms in total. The van der Waals surface area contributed by atoms with Crippen molar-refractivity contribution in [3.05, 3.63) is 52.3 Å². The minimum absolute atomic E-state index is 0.127. The van der Waals surface area contributed by atoms with Gasteiger partial charge in [-0.1, -0.05) is 17.7 Å². The molecule has 0 atom stereocenters. The van der Waals surface area contributed by atoms with Crippen molar-refractivity contribution in [3.63, 3.8) is 0 Å². The number of nitrogens with one attached hydrogen (secondary N) is 1. The van der Waals surface area contributed by atoms with Crippen molar-refractivity contribution in [2.75, 3.05) is 5.32 Å². The molecule has 2 aromatic rings. The fourth-order valence-electron chi connectivity index (χ4n) is 1.66. The van der Waals surface area contributed by atoms with E-state index in [0.717, 1.165) is 16.9 Å². The number of rotatable bonds is 3. The van der Waals surface area contributed by atoms with Gasteiger partial charge in [0.2, 0.25) is 0 Å². The van der Waals surface area contributed by atoms with Gasteiger partial charge in [0, 0.05) is 22.6 Å². The SMILES string of the molecule is Cc1cc(Nc2ccc(C)c(Cl)c2)c(C(=O)O)cn1. The minimum Gasteiger partial charge on any atom is -0.478 e. The zero-order valence-electron chi connectivity index (χ0n) is 10.6. The predicted octanol–water partition coefficient (Wildman–Crippen LogP) is 3.79. The summed E-state index contributed by atoms with van der Waals surface area (Å²) in [7, 11) is 0. The first-order chi connectivity index (χ1) is 8.97. The second kappa shape index (κ2) is 5.28. The number of nitrogens with zero attached hydrogens (tertiary/aromatic N) is 1. The van der Waals surface area contributed by atoms with Crippen molar-refractivity contribution in [1.29, 1.82) is 0 Å². The number of halogens is 1. The molecule has 0 saturated heterocycles. The van der Waals surface area contributed by atoms with E-state index in [1.54, 1.807) is 19.1 Å². The first-order valence-corrected chi connectivity index (χ1v) is 6.08. The molecule has 0 spiro atoms. The largest absolute Gasteiger partial charge is 0.478 e. The fraction of sp³-hybridized carbons (Fsp3) is 0.143. The van der Waals surface area contributed by atoms with Gasteiger partial charge < -0.3 is 10.4 Å². The quantitative estimate of drug-likeness (QED) is 0.895. The smallest absolute Gasteiger partial charge is 0.339 e. The number of carboxylic acids is 1. The van der Waals surface area contributed by atoms with Crippen LogP contribution in [0.25, 0.3) is 0 Å². The molecule has 98 valence electrons. The summed E-state index contributed by atoms with van der Waals surface area (Å²) in [6.45, 7) is 3.71. The zero-order chi connectivity index (χ0) is 14.0.